The highest BCUT2D eigenvalue weighted by Gasteiger charge is 2.06. The minimum atomic E-state index is -0.00116. The molecule has 0 radical (unpaired) electrons. The Morgan fingerprint density at radius 2 is 2.60 bits per heavy atom. The van der Waals surface area contributed by atoms with Crippen LogP contribution in [0, 0.1) is 0 Å². The minimum Gasteiger partial charge on any atom is -0.472 e. The minimum absolute atomic E-state index is 0.00116. The lowest BCUT2D eigenvalue weighted by molar-refractivity contribution is 0.250. The summed E-state index contributed by atoms with van der Waals surface area (Å²) in [4.78, 5) is 0. The SMILES string of the molecule is CNC(CO)c1ccoc1. The molecule has 10 heavy (non-hydrogen) atoms. The molecule has 0 aromatic carbocycles. The van der Waals surface area contributed by atoms with Gasteiger partial charge < -0.3 is 14.8 Å². The molecule has 1 aromatic rings. The fourth-order valence-electron chi connectivity index (χ4n) is 0.837. The summed E-state index contributed by atoms with van der Waals surface area (Å²) in [6.07, 6.45) is 3.22. The molecule has 0 aliphatic carbocycles. The van der Waals surface area contributed by atoms with E-state index in [0.29, 0.717) is 0 Å². The van der Waals surface area contributed by atoms with Gasteiger partial charge in [0.05, 0.1) is 25.2 Å². The Morgan fingerprint density at radius 3 is 3.00 bits per heavy atom. The molecule has 0 aliphatic heterocycles. The average molecular weight is 141 g/mol. The van der Waals surface area contributed by atoms with Crippen LogP contribution in [-0.2, 0) is 0 Å². The number of aliphatic hydroxyl groups excluding tert-OH is 1. The molecule has 0 fully saturated rings. The summed E-state index contributed by atoms with van der Waals surface area (Å²) in [5, 5.41) is 11.7. The van der Waals surface area contributed by atoms with Crippen molar-refractivity contribution >= 4 is 0 Å². The van der Waals surface area contributed by atoms with Crippen molar-refractivity contribution in [3.8, 4) is 0 Å². The molecule has 0 saturated heterocycles. The largest absolute Gasteiger partial charge is 0.472 e. The highest BCUT2D eigenvalue weighted by Crippen LogP contribution is 2.10. The molecule has 0 saturated carbocycles. The number of likely N-dealkylation sites (N-methyl/N-ethyl adjacent to an activating group) is 1. The lowest BCUT2D eigenvalue weighted by Crippen LogP contribution is -2.18. The summed E-state index contributed by atoms with van der Waals surface area (Å²) in [6.45, 7) is 0.0933. The normalized spacial score (nSPS) is 13.4. The number of hydrogen-bond donors (Lipinski definition) is 2. The maximum Gasteiger partial charge on any atom is 0.0951 e. The van der Waals surface area contributed by atoms with E-state index in [1.165, 1.54) is 0 Å². The predicted octanol–water partition coefficient (Wildman–Crippen LogP) is 0.532. The first-order valence-electron chi connectivity index (χ1n) is 3.18. The van der Waals surface area contributed by atoms with Gasteiger partial charge in [0.1, 0.15) is 0 Å². The Hall–Kier alpha value is -0.800. The maximum absolute atomic E-state index is 8.79. The smallest absolute Gasteiger partial charge is 0.0951 e. The summed E-state index contributed by atoms with van der Waals surface area (Å²) < 4.78 is 4.85. The summed E-state index contributed by atoms with van der Waals surface area (Å²) in [6, 6.07) is 1.83. The van der Waals surface area contributed by atoms with Crippen LogP contribution in [0.5, 0.6) is 0 Å². The van der Waals surface area contributed by atoms with Gasteiger partial charge in [0.25, 0.3) is 0 Å². The Balaban J connectivity index is 2.64. The molecular weight excluding hydrogens is 130 g/mol. The van der Waals surface area contributed by atoms with Gasteiger partial charge in [0, 0.05) is 5.56 Å². The lowest BCUT2D eigenvalue weighted by Gasteiger charge is -2.08. The fraction of sp³-hybridized carbons (Fsp3) is 0.429. The zero-order chi connectivity index (χ0) is 7.40. The second-order valence-electron chi connectivity index (χ2n) is 2.08. The topological polar surface area (TPSA) is 45.4 Å². The molecule has 1 rings (SSSR count). The number of rotatable bonds is 3. The van der Waals surface area contributed by atoms with Crippen LogP contribution in [0.15, 0.2) is 23.0 Å². The third-order valence-corrected chi connectivity index (χ3v) is 1.48. The molecule has 0 bridgehead atoms. The van der Waals surface area contributed by atoms with E-state index in [2.05, 4.69) is 5.32 Å². The fourth-order valence-corrected chi connectivity index (χ4v) is 0.837. The molecule has 0 spiro atoms. The van der Waals surface area contributed by atoms with Gasteiger partial charge in [-0.05, 0) is 13.1 Å². The molecule has 1 heterocycles. The molecule has 3 heteroatoms. The highest BCUT2D eigenvalue weighted by atomic mass is 16.3. The summed E-state index contributed by atoms with van der Waals surface area (Å²) in [5.74, 6) is 0. The third-order valence-electron chi connectivity index (χ3n) is 1.48. The molecule has 0 aliphatic rings. The number of furan rings is 1. The van der Waals surface area contributed by atoms with Gasteiger partial charge >= 0.3 is 0 Å². The van der Waals surface area contributed by atoms with E-state index < -0.39 is 0 Å². The van der Waals surface area contributed by atoms with Gasteiger partial charge in [-0.25, -0.2) is 0 Å². The number of nitrogens with one attached hydrogen (secondary N) is 1. The van der Waals surface area contributed by atoms with Crippen molar-refractivity contribution in [1.82, 2.24) is 5.32 Å². The highest BCUT2D eigenvalue weighted by molar-refractivity contribution is 5.10. The van der Waals surface area contributed by atoms with Crippen molar-refractivity contribution in [2.45, 2.75) is 6.04 Å². The third kappa shape index (κ3) is 1.37. The van der Waals surface area contributed by atoms with E-state index in [-0.39, 0.29) is 12.6 Å². The van der Waals surface area contributed by atoms with Crippen LogP contribution in [0.2, 0.25) is 0 Å². The zero-order valence-electron chi connectivity index (χ0n) is 5.87. The van der Waals surface area contributed by atoms with Crippen LogP contribution in [0.1, 0.15) is 11.6 Å². The van der Waals surface area contributed by atoms with Crippen LogP contribution in [0.3, 0.4) is 0 Å². The summed E-state index contributed by atoms with van der Waals surface area (Å²) in [5.41, 5.74) is 0.977. The van der Waals surface area contributed by atoms with Crippen LogP contribution >= 0.6 is 0 Å². The van der Waals surface area contributed by atoms with Gasteiger partial charge in [0.15, 0.2) is 0 Å². The maximum atomic E-state index is 8.79. The first-order chi connectivity index (χ1) is 4.88. The van der Waals surface area contributed by atoms with Crippen LogP contribution in [0.25, 0.3) is 0 Å². The van der Waals surface area contributed by atoms with E-state index in [0.717, 1.165) is 5.56 Å². The quantitative estimate of drug-likeness (QED) is 0.645. The first kappa shape index (κ1) is 7.31. The van der Waals surface area contributed by atoms with Crippen LogP contribution < -0.4 is 5.32 Å². The van der Waals surface area contributed by atoms with E-state index in [1.807, 2.05) is 6.07 Å². The van der Waals surface area contributed by atoms with Crippen molar-refractivity contribution in [2.75, 3.05) is 13.7 Å². The molecular formula is C7H11NO2. The van der Waals surface area contributed by atoms with E-state index in [9.17, 15) is 0 Å². The van der Waals surface area contributed by atoms with E-state index >= 15 is 0 Å². The van der Waals surface area contributed by atoms with Crippen molar-refractivity contribution in [3.05, 3.63) is 24.2 Å². The lowest BCUT2D eigenvalue weighted by atomic mass is 10.2. The van der Waals surface area contributed by atoms with Crippen molar-refractivity contribution in [2.24, 2.45) is 0 Å². The Kier molecular flexibility index (Phi) is 2.48. The molecule has 1 atom stereocenters. The monoisotopic (exact) mass is 141 g/mol. The van der Waals surface area contributed by atoms with Crippen LogP contribution in [0.4, 0.5) is 0 Å². The van der Waals surface area contributed by atoms with Crippen LogP contribution in [-0.4, -0.2) is 18.8 Å². The molecule has 1 unspecified atom stereocenters. The van der Waals surface area contributed by atoms with Gasteiger partial charge in [0.2, 0.25) is 0 Å². The van der Waals surface area contributed by atoms with E-state index in [1.54, 1.807) is 19.6 Å². The number of aliphatic hydroxyl groups is 1. The summed E-state index contributed by atoms with van der Waals surface area (Å²) in [7, 11) is 1.80. The second-order valence-corrected chi connectivity index (χ2v) is 2.08. The van der Waals surface area contributed by atoms with Crippen molar-refractivity contribution < 1.29 is 9.52 Å². The summed E-state index contributed by atoms with van der Waals surface area (Å²) >= 11 is 0. The second kappa shape index (κ2) is 3.39. The predicted molar refractivity (Wildman–Crippen MR) is 37.6 cm³/mol. The average Bonchev–Trinajstić information content (AvgIpc) is 2.43. The Labute approximate surface area is 59.7 Å². The Bertz CT molecular complexity index is 168. The van der Waals surface area contributed by atoms with Gasteiger partial charge in [-0.3, -0.25) is 0 Å². The van der Waals surface area contributed by atoms with Gasteiger partial charge in [-0.2, -0.15) is 0 Å². The first-order valence-corrected chi connectivity index (χ1v) is 3.18. The molecule has 3 nitrogen and oxygen atoms in total. The molecule has 56 valence electrons. The van der Waals surface area contributed by atoms with Gasteiger partial charge in [-0.15, -0.1) is 0 Å². The molecule has 2 N–H and O–H groups in total. The number of hydrogen-bond acceptors (Lipinski definition) is 3. The Morgan fingerprint density at radius 1 is 1.80 bits per heavy atom. The standard InChI is InChI=1S/C7H11NO2/c1-8-7(4-9)6-2-3-10-5-6/h2-3,5,7-9H,4H2,1H3. The van der Waals surface area contributed by atoms with Crippen molar-refractivity contribution in [3.63, 3.8) is 0 Å². The van der Waals surface area contributed by atoms with Crippen molar-refractivity contribution in [1.29, 1.82) is 0 Å². The van der Waals surface area contributed by atoms with Gasteiger partial charge in [-0.1, -0.05) is 0 Å². The van der Waals surface area contributed by atoms with E-state index in [4.69, 9.17) is 9.52 Å². The zero-order valence-corrected chi connectivity index (χ0v) is 5.87. The molecule has 0 amide bonds. The molecule has 1 aromatic heterocycles.